The smallest absolute Gasteiger partial charge is 0.308 e. The van der Waals surface area contributed by atoms with E-state index in [1.165, 1.54) is 18.2 Å². The summed E-state index contributed by atoms with van der Waals surface area (Å²) in [5.74, 6) is -2.11. The molecule has 0 saturated carbocycles. The minimum absolute atomic E-state index is 0.205. The molecule has 4 nitrogen and oxygen atoms in total. The second-order valence-corrected chi connectivity index (χ2v) is 5.28. The summed E-state index contributed by atoms with van der Waals surface area (Å²) in [6.45, 7) is 0. The third-order valence-corrected chi connectivity index (χ3v) is 4.17. The van der Waals surface area contributed by atoms with Crippen molar-refractivity contribution in [1.29, 1.82) is 0 Å². The fourth-order valence-corrected chi connectivity index (χ4v) is 3.22. The lowest BCUT2D eigenvalue weighted by molar-refractivity contribution is -0.136. The summed E-state index contributed by atoms with van der Waals surface area (Å²) < 4.78 is 36.9. The molecule has 0 aromatic heterocycles. The number of fused-ring (bicyclic) bond motifs is 1. The molecule has 1 N–H and O–H groups in total. The van der Waals surface area contributed by atoms with E-state index in [0.29, 0.717) is 0 Å². The highest BCUT2D eigenvalue weighted by molar-refractivity contribution is 7.95. The van der Waals surface area contributed by atoms with Crippen molar-refractivity contribution in [2.45, 2.75) is 11.3 Å². The quantitative estimate of drug-likeness (QED) is 0.851. The summed E-state index contributed by atoms with van der Waals surface area (Å²) in [5, 5.41) is 8.56. The van der Waals surface area contributed by atoms with Crippen LogP contribution in [0.4, 0.5) is 4.39 Å². The van der Waals surface area contributed by atoms with E-state index in [4.69, 9.17) is 5.11 Å². The molecule has 6 heteroatoms. The number of hydrogen-bond acceptors (Lipinski definition) is 3. The third-order valence-electron chi connectivity index (χ3n) is 2.25. The molecular weight excluding hydrogens is 235 g/mol. The van der Waals surface area contributed by atoms with Gasteiger partial charge in [0.15, 0.2) is 0 Å². The standard InChI is InChI=1S/C10H7FO4S/c11-8-3-1-2-6-4-7(5-9(12)13)16(14,15)10(6)8/h1-4H,5H2,(H,12,13). The second kappa shape index (κ2) is 3.41. The normalized spacial score (nSPS) is 16.7. The molecular formula is C10H7FO4S. The monoisotopic (exact) mass is 242 g/mol. The maximum atomic E-state index is 13.3. The lowest BCUT2D eigenvalue weighted by Gasteiger charge is -2.01. The van der Waals surface area contributed by atoms with E-state index < -0.39 is 32.9 Å². The van der Waals surface area contributed by atoms with Crippen LogP contribution >= 0.6 is 0 Å². The number of sulfone groups is 1. The molecule has 16 heavy (non-hydrogen) atoms. The van der Waals surface area contributed by atoms with Gasteiger partial charge in [0.2, 0.25) is 9.84 Å². The SMILES string of the molecule is O=C(O)CC1=Cc2cccc(F)c2S1(=O)=O. The first kappa shape index (κ1) is 10.8. The van der Waals surface area contributed by atoms with Crippen LogP contribution in [0.2, 0.25) is 0 Å². The highest BCUT2D eigenvalue weighted by atomic mass is 32.2. The molecule has 0 saturated heterocycles. The predicted octanol–water partition coefficient (Wildman–Crippen LogP) is 1.43. The first-order valence-corrected chi connectivity index (χ1v) is 5.87. The molecule has 1 aromatic rings. The fraction of sp³-hybridized carbons (Fsp3) is 0.100. The largest absolute Gasteiger partial charge is 0.481 e. The van der Waals surface area contributed by atoms with Crippen LogP contribution in [0.1, 0.15) is 12.0 Å². The van der Waals surface area contributed by atoms with Crippen molar-refractivity contribution in [1.82, 2.24) is 0 Å². The van der Waals surface area contributed by atoms with Crippen LogP contribution in [0.15, 0.2) is 28.0 Å². The second-order valence-electron chi connectivity index (χ2n) is 3.34. The molecule has 0 spiro atoms. The maximum Gasteiger partial charge on any atom is 0.308 e. The molecule has 0 aliphatic carbocycles. The summed E-state index contributed by atoms with van der Waals surface area (Å²) in [4.78, 5) is 9.78. The Kier molecular flexibility index (Phi) is 2.31. The van der Waals surface area contributed by atoms with Gasteiger partial charge in [-0.2, -0.15) is 0 Å². The first-order chi connectivity index (χ1) is 7.43. The van der Waals surface area contributed by atoms with Crippen LogP contribution in [0.5, 0.6) is 0 Å². The Morgan fingerprint density at radius 3 is 2.62 bits per heavy atom. The van der Waals surface area contributed by atoms with Gasteiger partial charge in [-0.3, -0.25) is 4.79 Å². The van der Waals surface area contributed by atoms with Gasteiger partial charge in [-0.1, -0.05) is 12.1 Å². The van der Waals surface area contributed by atoms with E-state index in [2.05, 4.69) is 0 Å². The number of carboxylic acids is 1. The minimum Gasteiger partial charge on any atom is -0.481 e. The summed E-state index contributed by atoms with van der Waals surface area (Å²) in [6.07, 6.45) is 0.568. The molecule has 0 atom stereocenters. The van der Waals surface area contributed by atoms with Crippen LogP contribution < -0.4 is 0 Å². The third kappa shape index (κ3) is 1.51. The summed E-state index contributed by atoms with van der Waals surface area (Å²) >= 11 is 0. The highest BCUT2D eigenvalue weighted by Crippen LogP contribution is 2.35. The molecule has 0 amide bonds. The Morgan fingerprint density at radius 1 is 1.38 bits per heavy atom. The average molecular weight is 242 g/mol. The van der Waals surface area contributed by atoms with Gasteiger partial charge in [0.25, 0.3) is 0 Å². The Labute approximate surface area is 90.9 Å². The van der Waals surface area contributed by atoms with Gasteiger partial charge in [-0.25, -0.2) is 12.8 Å². The van der Waals surface area contributed by atoms with Gasteiger partial charge >= 0.3 is 5.97 Å². The summed E-state index contributed by atoms with van der Waals surface area (Å²) in [5.41, 5.74) is 0.205. The van der Waals surface area contributed by atoms with Crippen molar-refractivity contribution in [2.75, 3.05) is 0 Å². The van der Waals surface area contributed by atoms with Gasteiger partial charge in [0, 0.05) is 0 Å². The van der Waals surface area contributed by atoms with E-state index in [9.17, 15) is 17.6 Å². The predicted molar refractivity (Wildman–Crippen MR) is 53.8 cm³/mol. The zero-order valence-corrected chi connectivity index (χ0v) is 8.79. The molecule has 84 valence electrons. The Morgan fingerprint density at radius 2 is 2.06 bits per heavy atom. The molecule has 1 heterocycles. The van der Waals surface area contributed by atoms with Crippen LogP contribution in [0, 0.1) is 5.82 Å². The first-order valence-electron chi connectivity index (χ1n) is 4.39. The molecule has 0 unspecified atom stereocenters. The van der Waals surface area contributed by atoms with Crippen LogP contribution in [0.25, 0.3) is 6.08 Å². The lowest BCUT2D eigenvalue weighted by Crippen LogP contribution is -2.07. The Balaban J connectivity index is 2.61. The van der Waals surface area contributed by atoms with E-state index in [-0.39, 0.29) is 10.5 Å². The van der Waals surface area contributed by atoms with Crippen LogP contribution in [-0.4, -0.2) is 19.5 Å². The average Bonchev–Trinajstić information content (AvgIpc) is 2.38. The molecule has 1 aromatic carbocycles. The molecule has 1 aliphatic rings. The summed E-state index contributed by atoms with van der Waals surface area (Å²) in [6, 6.07) is 3.85. The maximum absolute atomic E-state index is 13.3. The highest BCUT2D eigenvalue weighted by Gasteiger charge is 2.33. The fourth-order valence-electron chi connectivity index (χ4n) is 1.60. The topological polar surface area (TPSA) is 71.4 Å². The zero-order chi connectivity index (χ0) is 11.9. The number of halogens is 1. The Hall–Kier alpha value is -1.69. The van der Waals surface area contributed by atoms with E-state index >= 15 is 0 Å². The van der Waals surface area contributed by atoms with Gasteiger partial charge in [-0.05, 0) is 17.7 Å². The van der Waals surface area contributed by atoms with Crippen molar-refractivity contribution in [3.63, 3.8) is 0 Å². The van der Waals surface area contributed by atoms with Gasteiger partial charge in [-0.15, -0.1) is 0 Å². The van der Waals surface area contributed by atoms with Gasteiger partial charge in [0.05, 0.1) is 11.3 Å². The van der Waals surface area contributed by atoms with Crippen molar-refractivity contribution >= 4 is 21.9 Å². The van der Waals surface area contributed by atoms with Crippen LogP contribution in [0.3, 0.4) is 0 Å². The van der Waals surface area contributed by atoms with E-state index in [0.717, 1.165) is 6.07 Å². The number of carboxylic acid groups (broad SMARTS) is 1. The van der Waals surface area contributed by atoms with Crippen LogP contribution in [-0.2, 0) is 14.6 Å². The van der Waals surface area contributed by atoms with Gasteiger partial charge in [0.1, 0.15) is 10.7 Å². The van der Waals surface area contributed by atoms with Crippen molar-refractivity contribution in [3.05, 3.63) is 34.5 Å². The minimum atomic E-state index is -3.97. The number of rotatable bonds is 2. The van der Waals surface area contributed by atoms with E-state index in [1.54, 1.807) is 0 Å². The number of aliphatic carboxylic acids is 1. The van der Waals surface area contributed by atoms with Crippen molar-refractivity contribution in [2.24, 2.45) is 0 Å². The molecule has 0 radical (unpaired) electrons. The molecule has 0 bridgehead atoms. The Bertz CT molecular complexity index is 601. The molecule has 0 fully saturated rings. The lowest BCUT2D eigenvalue weighted by atomic mass is 10.2. The number of hydrogen-bond donors (Lipinski definition) is 1. The van der Waals surface area contributed by atoms with Crippen molar-refractivity contribution in [3.8, 4) is 0 Å². The summed E-state index contributed by atoms with van der Waals surface area (Å²) in [7, 11) is -3.97. The molecule has 2 rings (SSSR count). The number of carbonyl (C=O) groups is 1. The van der Waals surface area contributed by atoms with Gasteiger partial charge < -0.3 is 5.11 Å². The van der Waals surface area contributed by atoms with E-state index in [1.807, 2.05) is 0 Å². The zero-order valence-electron chi connectivity index (χ0n) is 7.97. The number of benzene rings is 1. The van der Waals surface area contributed by atoms with Crippen molar-refractivity contribution < 1.29 is 22.7 Å². The molecule has 1 aliphatic heterocycles.